The average Bonchev–Trinajstić information content (AvgIpc) is 2.78. The normalized spacial score (nSPS) is 20.5. The molecule has 0 heterocycles. The highest BCUT2D eigenvalue weighted by Gasteiger charge is 2.38. The molecule has 2 fully saturated rings. The Bertz CT molecular complexity index is 499. The molecule has 0 amide bonds. The molecule has 0 aliphatic heterocycles. The lowest BCUT2D eigenvalue weighted by Crippen LogP contribution is -2.40. The van der Waals surface area contributed by atoms with Crippen molar-refractivity contribution in [1.29, 1.82) is 0 Å². The maximum absolute atomic E-state index is 12.1. The first-order chi connectivity index (χ1) is 14.2. The summed E-state index contributed by atoms with van der Waals surface area (Å²) >= 11 is 0. The van der Waals surface area contributed by atoms with Gasteiger partial charge in [0.25, 0.3) is 0 Å². The number of esters is 2. The molecule has 4 heteroatoms. The van der Waals surface area contributed by atoms with Gasteiger partial charge >= 0.3 is 11.9 Å². The average molecular weight is 425 g/mol. The van der Waals surface area contributed by atoms with Gasteiger partial charge in [0.2, 0.25) is 0 Å². The molecule has 0 radical (unpaired) electrons. The molecule has 0 aromatic rings. The minimum absolute atomic E-state index is 0.0150. The predicted molar refractivity (Wildman–Crippen MR) is 123 cm³/mol. The zero-order valence-corrected chi connectivity index (χ0v) is 20.7. The third kappa shape index (κ3) is 8.98. The van der Waals surface area contributed by atoms with Gasteiger partial charge in [0.1, 0.15) is 5.60 Å². The van der Waals surface area contributed by atoms with Crippen molar-refractivity contribution in [2.24, 2.45) is 17.3 Å². The molecule has 1 atom stereocenters. The summed E-state index contributed by atoms with van der Waals surface area (Å²) < 4.78 is 11.1. The maximum Gasteiger partial charge on any atom is 0.312 e. The van der Waals surface area contributed by atoms with E-state index in [0.29, 0.717) is 12.5 Å². The Labute approximate surface area is 185 Å². The molecule has 0 aromatic heterocycles. The molecule has 2 rings (SSSR count). The number of hydrogen-bond acceptors (Lipinski definition) is 4. The molecular weight excluding hydrogens is 376 g/mol. The van der Waals surface area contributed by atoms with Gasteiger partial charge < -0.3 is 9.47 Å². The van der Waals surface area contributed by atoms with Crippen molar-refractivity contribution < 1.29 is 19.1 Å². The van der Waals surface area contributed by atoms with Gasteiger partial charge in [-0.3, -0.25) is 9.59 Å². The van der Waals surface area contributed by atoms with Crippen LogP contribution in [-0.4, -0.2) is 24.1 Å². The van der Waals surface area contributed by atoms with Crippen molar-refractivity contribution in [3.05, 3.63) is 0 Å². The predicted octanol–water partition coefficient (Wildman–Crippen LogP) is 7.23. The van der Waals surface area contributed by atoms with E-state index < -0.39 is 0 Å². The highest BCUT2D eigenvalue weighted by Crippen LogP contribution is 2.36. The van der Waals surface area contributed by atoms with Crippen molar-refractivity contribution in [3.8, 4) is 0 Å². The van der Waals surface area contributed by atoms with E-state index in [1.165, 1.54) is 51.4 Å². The highest BCUT2D eigenvalue weighted by molar-refractivity contribution is 5.76. The van der Waals surface area contributed by atoms with Crippen LogP contribution in [-0.2, 0) is 19.1 Å². The molecule has 30 heavy (non-hydrogen) atoms. The van der Waals surface area contributed by atoms with Crippen molar-refractivity contribution in [3.63, 3.8) is 0 Å². The van der Waals surface area contributed by atoms with Crippen molar-refractivity contribution in [1.82, 2.24) is 0 Å². The van der Waals surface area contributed by atoms with Gasteiger partial charge in [0, 0.05) is 0 Å². The highest BCUT2D eigenvalue weighted by atomic mass is 16.6. The van der Waals surface area contributed by atoms with Crippen LogP contribution in [0.2, 0.25) is 0 Å². The minimum Gasteiger partial charge on any atom is -0.465 e. The molecule has 0 saturated heterocycles. The smallest absolute Gasteiger partial charge is 0.312 e. The topological polar surface area (TPSA) is 52.6 Å². The zero-order chi connectivity index (χ0) is 22.6. The molecule has 0 spiro atoms. The lowest BCUT2D eigenvalue weighted by molar-refractivity contribution is -0.174. The Balaban J connectivity index is 0.000000303. The molecule has 4 nitrogen and oxygen atoms in total. The van der Waals surface area contributed by atoms with E-state index in [4.69, 9.17) is 9.47 Å². The molecular formula is C26H48O4. The third-order valence-corrected chi connectivity index (χ3v) is 7.36. The van der Waals surface area contributed by atoms with E-state index >= 15 is 0 Å². The van der Waals surface area contributed by atoms with E-state index in [9.17, 15) is 9.59 Å². The summed E-state index contributed by atoms with van der Waals surface area (Å²) in [6, 6.07) is 0. The van der Waals surface area contributed by atoms with Crippen molar-refractivity contribution >= 4 is 11.9 Å². The van der Waals surface area contributed by atoms with E-state index in [2.05, 4.69) is 6.92 Å². The standard InChI is InChI=1S/C14H26O2.C12H22O2/c1-5-13(3,4)12(15)16-14(6-2)10-8-7-9-11-14;1-3-10(2)12(13)14-9-11-7-5-4-6-8-11/h5-11H2,1-4H3;10-11H,3-9H2,1-2H3. The van der Waals surface area contributed by atoms with Crippen LogP contribution in [0.4, 0.5) is 0 Å². The van der Waals surface area contributed by atoms with Gasteiger partial charge in [-0.15, -0.1) is 0 Å². The maximum atomic E-state index is 12.1. The molecule has 0 bridgehead atoms. The van der Waals surface area contributed by atoms with Crippen molar-refractivity contribution in [2.75, 3.05) is 6.61 Å². The van der Waals surface area contributed by atoms with Gasteiger partial charge in [-0.1, -0.05) is 53.4 Å². The first-order valence-corrected chi connectivity index (χ1v) is 12.6. The van der Waals surface area contributed by atoms with Crippen LogP contribution in [0.3, 0.4) is 0 Å². The first-order valence-electron chi connectivity index (χ1n) is 12.6. The Kier molecular flexibility index (Phi) is 12.0. The van der Waals surface area contributed by atoms with E-state index in [1.807, 2.05) is 34.6 Å². The minimum atomic E-state index is -0.334. The van der Waals surface area contributed by atoms with Crippen LogP contribution in [0.5, 0.6) is 0 Å². The van der Waals surface area contributed by atoms with Crippen LogP contribution in [0, 0.1) is 17.3 Å². The SMILES string of the molecule is CCC(C)C(=O)OCC1CCCCC1.CCC1(OC(=O)C(C)(C)CC)CCCCC1. The first kappa shape index (κ1) is 27.0. The number of carbonyl (C=O) groups excluding carboxylic acids is 2. The number of carbonyl (C=O) groups is 2. The van der Waals surface area contributed by atoms with E-state index in [-0.39, 0.29) is 28.9 Å². The Morgan fingerprint density at radius 2 is 1.53 bits per heavy atom. The van der Waals surface area contributed by atoms with Gasteiger partial charge in [0.05, 0.1) is 17.9 Å². The summed E-state index contributed by atoms with van der Waals surface area (Å²) in [5, 5.41) is 0. The molecule has 176 valence electrons. The van der Waals surface area contributed by atoms with E-state index in [0.717, 1.165) is 32.1 Å². The summed E-state index contributed by atoms with van der Waals surface area (Å²) in [5.41, 5.74) is -0.485. The number of hydrogen-bond donors (Lipinski definition) is 0. The molecule has 2 aliphatic rings. The summed E-state index contributed by atoms with van der Waals surface area (Å²) in [6.07, 6.45) is 14.9. The van der Waals surface area contributed by atoms with Crippen LogP contribution in [0.1, 0.15) is 125 Å². The molecule has 1 unspecified atom stereocenters. The largest absolute Gasteiger partial charge is 0.465 e. The zero-order valence-electron chi connectivity index (χ0n) is 20.7. The quantitative estimate of drug-likeness (QED) is 0.385. The van der Waals surface area contributed by atoms with Crippen LogP contribution in [0.15, 0.2) is 0 Å². The summed E-state index contributed by atoms with van der Waals surface area (Å²) in [7, 11) is 0. The third-order valence-electron chi connectivity index (χ3n) is 7.36. The van der Waals surface area contributed by atoms with Crippen LogP contribution < -0.4 is 0 Å². The Hall–Kier alpha value is -1.06. The Morgan fingerprint density at radius 1 is 0.967 bits per heavy atom. The molecule has 2 aliphatic carbocycles. The lowest BCUT2D eigenvalue weighted by atomic mass is 9.82. The fraction of sp³-hybridized carbons (Fsp3) is 0.923. The summed E-state index contributed by atoms with van der Waals surface area (Å²) in [6.45, 7) is 12.7. The molecule has 0 aromatic carbocycles. The lowest BCUT2D eigenvalue weighted by Gasteiger charge is -2.38. The van der Waals surface area contributed by atoms with Gasteiger partial charge in [-0.05, 0) is 77.6 Å². The summed E-state index contributed by atoms with van der Waals surface area (Å²) in [4.78, 5) is 23.5. The van der Waals surface area contributed by atoms with Crippen LogP contribution in [0.25, 0.3) is 0 Å². The second-order valence-electron chi connectivity index (χ2n) is 10.2. The molecule has 0 N–H and O–H groups in total. The van der Waals surface area contributed by atoms with Gasteiger partial charge in [0.15, 0.2) is 0 Å². The van der Waals surface area contributed by atoms with Gasteiger partial charge in [-0.25, -0.2) is 0 Å². The second kappa shape index (κ2) is 13.4. The number of ether oxygens (including phenoxy) is 2. The fourth-order valence-electron chi connectivity index (χ4n) is 4.07. The number of rotatable bonds is 8. The molecule has 2 saturated carbocycles. The summed E-state index contributed by atoms with van der Waals surface area (Å²) in [5.74, 6) is 0.673. The fourth-order valence-corrected chi connectivity index (χ4v) is 4.07. The van der Waals surface area contributed by atoms with E-state index in [1.54, 1.807) is 0 Å². The van der Waals surface area contributed by atoms with Crippen molar-refractivity contribution in [2.45, 2.75) is 131 Å². The monoisotopic (exact) mass is 424 g/mol. The van der Waals surface area contributed by atoms with Crippen LogP contribution >= 0.6 is 0 Å². The van der Waals surface area contributed by atoms with Gasteiger partial charge in [-0.2, -0.15) is 0 Å². The Morgan fingerprint density at radius 3 is 2.03 bits per heavy atom. The second-order valence-corrected chi connectivity index (χ2v) is 10.2.